The molecule has 4 heteroatoms. The molecular weight excluding hydrogens is 244 g/mol. The molecule has 0 radical (unpaired) electrons. The normalized spacial score (nSPS) is 24.6. The minimum absolute atomic E-state index is 0.165. The molecule has 18 heavy (non-hydrogen) atoms. The predicted octanol–water partition coefficient (Wildman–Crippen LogP) is 2.41. The van der Waals surface area contributed by atoms with Gasteiger partial charge in [-0.3, -0.25) is 4.79 Å². The Bertz CT molecular complexity index is 269. The molecule has 2 unspecified atom stereocenters. The van der Waals surface area contributed by atoms with Crippen molar-refractivity contribution in [3.05, 3.63) is 0 Å². The third kappa shape index (κ3) is 5.19. The van der Waals surface area contributed by atoms with Crippen molar-refractivity contribution in [2.45, 2.75) is 59.0 Å². The van der Waals surface area contributed by atoms with Gasteiger partial charge in [0.15, 0.2) is 0 Å². The average Bonchev–Trinajstić information content (AvgIpc) is 2.31. The zero-order valence-electron chi connectivity index (χ0n) is 12.2. The van der Waals surface area contributed by atoms with E-state index in [1.807, 2.05) is 18.7 Å². The summed E-state index contributed by atoms with van der Waals surface area (Å²) in [6.07, 6.45) is 2.83. The summed E-state index contributed by atoms with van der Waals surface area (Å²) in [6.45, 7) is 9.57. The molecule has 1 amide bonds. The Labute approximate surface area is 116 Å². The fourth-order valence-corrected chi connectivity index (χ4v) is 3.72. The molecule has 1 fully saturated rings. The minimum Gasteiger partial charge on any atom is -0.354 e. The van der Waals surface area contributed by atoms with Crippen LogP contribution in [0.25, 0.3) is 0 Å². The van der Waals surface area contributed by atoms with Gasteiger partial charge in [-0.1, -0.05) is 20.8 Å². The van der Waals surface area contributed by atoms with Crippen molar-refractivity contribution < 1.29 is 4.79 Å². The molecule has 0 aromatic carbocycles. The number of hydrogen-bond acceptors (Lipinski definition) is 3. The van der Waals surface area contributed by atoms with Gasteiger partial charge in [0.25, 0.3) is 0 Å². The van der Waals surface area contributed by atoms with Crippen LogP contribution in [0.2, 0.25) is 0 Å². The number of carbonyl (C=O) groups is 1. The van der Waals surface area contributed by atoms with Crippen LogP contribution in [0, 0.1) is 5.41 Å². The van der Waals surface area contributed by atoms with Gasteiger partial charge in [0.1, 0.15) is 0 Å². The van der Waals surface area contributed by atoms with Crippen LogP contribution in [-0.4, -0.2) is 36.0 Å². The van der Waals surface area contributed by atoms with Crippen LogP contribution >= 0.6 is 11.8 Å². The predicted molar refractivity (Wildman–Crippen MR) is 80.0 cm³/mol. The van der Waals surface area contributed by atoms with E-state index in [1.165, 1.54) is 17.9 Å². The summed E-state index contributed by atoms with van der Waals surface area (Å²) in [4.78, 5) is 11.7. The number of carbonyl (C=O) groups excluding carboxylic acids is 1. The van der Waals surface area contributed by atoms with Crippen LogP contribution < -0.4 is 10.6 Å². The Hall–Kier alpha value is -0.220. The Morgan fingerprint density at radius 2 is 2.22 bits per heavy atom. The van der Waals surface area contributed by atoms with E-state index in [0.29, 0.717) is 23.9 Å². The van der Waals surface area contributed by atoms with Gasteiger partial charge >= 0.3 is 0 Å². The van der Waals surface area contributed by atoms with Crippen molar-refractivity contribution in [2.75, 3.05) is 18.1 Å². The molecule has 0 bridgehead atoms. The fraction of sp³-hybridized carbons (Fsp3) is 0.929. The summed E-state index contributed by atoms with van der Waals surface area (Å²) in [5, 5.41) is 6.56. The largest absolute Gasteiger partial charge is 0.354 e. The summed E-state index contributed by atoms with van der Waals surface area (Å²) in [5.41, 5.74) is 0.360. The summed E-state index contributed by atoms with van der Waals surface area (Å²) >= 11 is 2.02. The third-order valence-corrected chi connectivity index (χ3v) is 4.94. The second-order valence-corrected chi connectivity index (χ2v) is 7.10. The third-order valence-electron chi connectivity index (χ3n) is 3.88. The standard InChI is InChI=1S/C14H28N2OS/c1-5-11(2)16-13(17)6-8-15-12-10-18-9-7-14(12,3)4/h11-12,15H,5-10H2,1-4H3,(H,16,17). The van der Waals surface area contributed by atoms with E-state index in [1.54, 1.807) is 0 Å². The summed E-state index contributed by atoms with van der Waals surface area (Å²) < 4.78 is 0. The van der Waals surface area contributed by atoms with Gasteiger partial charge in [0.2, 0.25) is 5.91 Å². The maximum absolute atomic E-state index is 11.7. The van der Waals surface area contributed by atoms with Crippen LogP contribution in [0.5, 0.6) is 0 Å². The smallest absolute Gasteiger partial charge is 0.221 e. The van der Waals surface area contributed by atoms with Gasteiger partial charge in [-0.25, -0.2) is 0 Å². The summed E-state index contributed by atoms with van der Waals surface area (Å²) in [7, 11) is 0. The molecule has 0 aromatic rings. The first-order valence-corrected chi connectivity index (χ1v) is 8.21. The first-order chi connectivity index (χ1) is 8.45. The lowest BCUT2D eigenvalue weighted by molar-refractivity contribution is -0.121. The second kappa shape index (κ2) is 7.39. The Morgan fingerprint density at radius 1 is 1.50 bits per heavy atom. The fourth-order valence-electron chi connectivity index (χ4n) is 2.08. The van der Waals surface area contributed by atoms with Crippen molar-refractivity contribution >= 4 is 17.7 Å². The zero-order chi connectivity index (χ0) is 13.6. The molecular formula is C14H28N2OS. The van der Waals surface area contributed by atoms with E-state index < -0.39 is 0 Å². The minimum atomic E-state index is 0.165. The van der Waals surface area contributed by atoms with E-state index >= 15 is 0 Å². The molecule has 0 spiro atoms. The van der Waals surface area contributed by atoms with Crippen molar-refractivity contribution in [1.29, 1.82) is 0 Å². The maximum Gasteiger partial charge on any atom is 0.221 e. The van der Waals surface area contributed by atoms with Gasteiger partial charge in [-0.05, 0) is 30.9 Å². The lowest BCUT2D eigenvalue weighted by Gasteiger charge is -2.38. The second-order valence-electron chi connectivity index (χ2n) is 5.95. The number of nitrogens with one attached hydrogen (secondary N) is 2. The van der Waals surface area contributed by atoms with E-state index in [2.05, 4.69) is 31.4 Å². The molecule has 0 aliphatic carbocycles. The van der Waals surface area contributed by atoms with Gasteiger partial charge in [-0.15, -0.1) is 0 Å². The molecule has 1 aliphatic heterocycles. The highest BCUT2D eigenvalue weighted by Crippen LogP contribution is 2.33. The maximum atomic E-state index is 11.7. The molecule has 2 N–H and O–H groups in total. The molecule has 0 aromatic heterocycles. The van der Waals surface area contributed by atoms with Crippen LogP contribution in [0.3, 0.4) is 0 Å². The quantitative estimate of drug-likeness (QED) is 0.780. The van der Waals surface area contributed by atoms with Gasteiger partial charge < -0.3 is 10.6 Å². The van der Waals surface area contributed by atoms with Crippen molar-refractivity contribution in [3.63, 3.8) is 0 Å². The van der Waals surface area contributed by atoms with Crippen LogP contribution in [0.4, 0.5) is 0 Å². The highest BCUT2D eigenvalue weighted by Gasteiger charge is 2.31. The van der Waals surface area contributed by atoms with Crippen LogP contribution in [0.1, 0.15) is 47.0 Å². The van der Waals surface area contributed by atoms with E-state index in [-0.39, 0.29) is 5.91 Å². The van der Waals surface area contributed by atoms with E-state index in [9.17, 15) is 4.79 Å². The SMILES string of the molecule is CCC(C)NC(=O)CCNC1CSCCC1(C)C. The van der Waals surface area contributed by atoms with Crippen molar-refractivity contribution in [1.82, 2.24) is 10.6 Å². The molecule has 2 atom stereocenters. The topological polar surface area (TPSA) is 41.1 Å². The van der Waals surface area contributed by atoms with Crippen molar-refractivity contribution in [3.8, 4) is 0 Å². The zero-order valence-corrected chi connectivity index (χ0v) is 13.0. The van der Waals surface area contributed by atoms with Crippen LogP contribution in [-0.2, 0) is 4.79 Å². The van der Waals surface area contributed by atoms with Crippen LogP contribution in [0.15, 0.2) is 0 Å². The van der Waals surface area contributed by atoms with Gasteiger partial charge in [0.05, 0.1) is 0 Å². The van der Waals surface area contributed by atoms with Gasteiger partial charge in [0, 0.05) is 30.8 Å². The number of amides is 1. The highest BCUT2D eigenvalue weighted by atomic mass is 32.2. The molecule has 1 saturated heterocycles. The Morgan fingerprint density at radius 3 is 2.83 bits per heavy atom. The summed E-state index contributed by atoms with van der Waals surface area (Å²) in [5.74, 6) is 2.60. The van der Waals surface area contributed by atoms with Gasteiger partial charge in [-0.2, -0.15) is 11.8 Å². The lowest BCUT2D eigenvalue weighted by atomic mass is 9.82. The molecule has 106 valence electrons. The highest BCUT2D eigenvalue weighted by molar-refractivity contribution is 7.99. The Balaban J connectivity index is 2.22. The van der Waals surface area contributed by atoms with E-state index in [4.69, 9.17) is 0 Å². The molecule has 1 aliphatic rings. The number of thioether (sulfide) groups is 1. The first kappa shape index (κ1) is 15.8. The molecule has 1 rings (SSSR count). The average molecular weight is 272 g/mol. The van der Waals surface area contributed by atoms with Crippen molar-refractivity contribution in [2.24, 2.45) is 5.41 Å². The molecule has 0 saturated carbocycles. The lowest BCUT2D eigenvalue weighted by Crippen LogP contribution is -2.47. The van der Waals surface area contributed by atoms with E-state index in [0.717, 1.165) is 13.0 Å². The molecule has 3 nitrogen and oxygen atoms in total. The number of hydrogen-bond donors (Lipinski definition) is 2. The monoisotopic (exact) mass is 272 g/mol. The summed E-state index contributed by atoms with van der Waals surface area (Å²) in [6, 6.07) is 0.826. The Kier molecular flexibility index (Phi) is 6.50. The first-order valence-electron chi connectivity index (χ1n) is 7.06. The number of rotatable bonds is 6. The molecule has 1 heterocycles.